The van der Waals surface area contributed by atoms with E-state index in [1.54, 1.807) is 25.2 Å². The summed E-state index contributed by atoms with van der Waals surface area (Å²) in [7, 11) is 3.51. The van der Waals surface area contributed by atoms with Crippen LogP contribution in [0.4, 0.5) is 37.6 Å². The topological polar surface area (TPSA) is 155 Å². The fourth-order valence-electron chi connectivity index (χ4n) is 9.72. The number of anilines is 5. The van der Waals surface area contributed by atoms with Crippen molar-refractivity contribution >= 4 is 85.7 Å². The van der Waals surface area contributed by atoms with E-state index >= 15 is 8.78 Å². The highest BCUT2D eigenvalue weighted by Crippen LogP contribution is 2.46. The zero-order chi connectivity index (χ0) is 43.0. The first-order valence-corrected chi connectivity index (χ1v) is 22.0. The number of amides is 2. The van der Waals surface area contributed by atoms with Crippen molar-refractivity contribution in [3.63, 3.8) is 0 Å². The summed E-state index contributed by atoms with van der Waals surface area (Å²) < 4.78 is 39.2. The number of ether oxygens (including phenoxy) is 1. The lowest BCUT2D eigenvalue weighted by molar-refractivity contribution is -0.134. The lowest BCUT2D eigenvalue weighted by Gasteiger charge is -2.39. The maximum Gasteiger partial charge on any atom is 0.301 e. The third kappa shape index (κ3) is 7.44. The number of hydrogen-bond acceptors (Lipinski definition) is 12. The molecule has 7 heterocycles. The van der Waals surface area contributed by atoms with Gasteiger partial charge in [-0.15, -0.1) is 0 Å². The van der Waals surface area contributed by atoms with Gasteiger partial charge in [0.1, 0.15) is 5.02 Å². The van der Waals surface area contributed by atoms with Gasteiger partial charge in [-0.05, 0) is 68.2 Å². The number of aryl methyl sites for hydroxylation is 2. The van der Waals surface area contributed by atoms with E-state index in [1.165, 1.54) is 4.57 Å². The molecule has 2 unspecified atom stereocenters. The Morgan fingerprint density at radius 2 is 1.69 bits per heavy atom. The number of para-hydroxylation sites is 1. The van der Waals surface area contributed by atoms with Crippen LogP contribution in [0, 0.1) is 11.8 Å². The maximum absolute atomic E-state index is 15.2. The third-order valence-corrected chi connectivity index (χ3v) is 14.0. The predicted molar refractivity (Wildman–Crippen MR) is 235 cm³/mol. The number of hydrogen-bond donors (Lipinski definition) is 3. The molecule has 3 N–H and O–H groups in total. The van der Waals surface area contributed by atoms with Gasteiger partial charge in [0, 0.05) is 82.8 Å². The fourth-order valence-corrected chi connectivity index (χ4v) is 10.0. The molecule has 1 saturated carbocycles. The fraction of sp³-hybridized carbons (Fsp3) is 0.488. The van der Waals surface area contributed by atoms with Crippen LogP contribution >= 0.6 is 23.2 Å². The van der Waals surface area contributed by atoms with Gasteiger partial charge in [-0.25, -0.2) is 8.78 Å². The molecule has 3 aromatic heterocycles. The van der Waals surface area contributed by atoms with E-state index in [4.69, 9.17) is 38.0 Å². The summed E-state index contributed by atoms with van der Waals surface area (Å²) in [5.41, 5.74) is 3.72. The smallest absolute Gasteiger partial charge is 0.301 e. The molecule has 0 spiro atoms. The molecule has 5 aliphatic rings. The van der Waals surface area contributed by atoms with E-state index in [-0.39, 0.29) is 39.3 Å². The summed E-state index contributed by atoms with van der Waals surface area (Å²) in [5, 5.41) is 15.3. The molecule has 3 saturated heterocycles. The summed E-state index contributed by atoms with van der Waals surface area (Å²) in [4.78, 5) is 54.1. The van der Waals surface area contributed by atoms with Crippen LogP contribution in [-0.4, -0.2) is 105 Å². The number of aromatic nitrogens is 5. The summed E-state index contributed by atoms with van der Waals surface area (Å²) in [6.07, 6.45) is 4.24. The van der Waals surface area contributed by atoms with Crippen molar-refractivity contribution in [3.8, 4) is 5.75 Å². The minimum absolute atomic E-state index is 0.101. The number of pyridine rings is 1. The molecule has 62 heavy (non-hydrogen) atoms. The molecule has 15 nitrogen and oxygen atoms in total. The Kier molecular flexibility index (Phi) is 10.4. The molecule has 326 valence electrons. The van der Waals surface area contributed by atoms with E-state index in [2.05, 4.69) is 41.7 Å². The van der Waals surface area contributed by atoms with Gasteiger partial charge >= 0.3 is 5.92 Å². The second kappa shape index (κ2) is 15.8. The van der Waals surface area contributed by atoms with Crippen LogP contribution < -0.4 is 36.0 Å². The second-order valence-electron chi connectivity index (χ2n) is 17.3. The maximum atomic E-state index is 15.2. The van der Waals surface area contributed by atoms with Crippen molar-refractivity contribution in [1.29, 1.82) is 0 Å². The number of piperidine rings is 2. The summed E-state index contributed by atoms with van der Waals surface area (Å²) in [6, 6.07) is 10.3. The molecule has 4 fully saturated rings. The first-order chi connectivity index (χ1) is 29.8. The molecule has 2 amide bonds. The summed E-state index contributed by atoms with van der Waals surface area (Å²) in [6.45, 7) is 4.99. The number of imide groups is 1. The molecular weight excluding hydrogens is 843 g/mol. The molecule has 19 heteroatoms. The number of rotatable bonds is 8. The van der Waals surface area contributed by atoms with Crippen LogP contribution in [0.2, 0.25) is 10.2 Å². The Labute approximate surface area is 365 Å². The van der Waals surface area contributed by atoms with E-state index in [1.807, 2.05) is 23.9 Å². The first-order valence-electron chi connectivity index (χ1n) is 21.3. The summed E-state index contributed by atoms with van der Waals surface area (Å²) in [5.74, 6) is -3.15. The Bertz CT molecular complexity index is 2670. The van der Waals surface area contributed by atoms with Gasteiger partial charge in [0.15, 0.2) is 17.6 Å². The van der Waals surface area contributed by atoms with Crippen LogP contribution in [0.1, 0.15) is 50.1 Å². The van der Waals surface area contributed by atoms with Crippen molar-refractivity contribution in [1.82, 2.24) is 34.5 Å². The monoisotopic (exact) mass is 889 g/mol. The Morgan fingerprint density at radius 3 is 2.44 bits per heavy atom. The highest BCUT2D eigenvalue weighted by Gasteiger charge is 2.51. The summed E-state index contributed by atoms with van der Waals surface area (Å²) >= 11 is 13.3. The Morgan fingerprint density at radius 1 is 0.919 bits per heavy atom. The van der Waals surface area contributed by atoms with Crippen LogP contribution in [0.5, 0.6) is 5.75 Å². The Hall–Kier alpha value is -5.26. The highest BCUT2D eigenvalue weighted by molar-refractivity contribution is 6.42. The number of benzene rings is 2. The third-order valence-electron chi connectivity index (χ3n) is 13.2. The van der Waals surface area contributed by atoms with Crippen LogP contribution in [0.15, 0.2) is 41.2 Å². The van der Waals surface area contributed by atoms with Crippen molar-refractivity contribution < 1.29 is 23.1 Å². The molecule has 4 aliphatic heterocycles. The number of nitrogens with one attached hydrogen (secondary N) is 3. The van der Waals surface area contributed by atoms with E-state index in [0.29, 0.717) is 73.0 Å². The van der Waals surface area contributed by atoms with Crippen LogP contribution in [0.3, 0.4) is 0 Å². The predicted octanol–water partition coefficient (Wildman–Crippen LogP) is 6.04. The highest BCUT2D eigenvalue weighted by atomic mass is 35.5. The van der Waals surface area contributed by atoms with Gasteiger partial charge in [0.2, 0.25) is 23.5 Å². The zero-order valence-corrected chi connectivity index (χ0v) is 35.9. The minimum Gasteiger partial charge on any atom is -0.480 e. The quantitative estimate of drug-likeness (QED) is 0.123. The number of fused-ring (bicyclic) bond motifs is 4. The molecule has 5 aromatic rings. The minimum atomic E-state index is -3.15. The van der Waals surface area contributed by atoms with Crippen molar-refractivity contribution in [3.05, 3.63) is 62.6 Å². The normalized spacial score (nSPS) is 22.3. The SMILES string of the molecule is Cn1nc(C2CCC(=O)NC2=O)c2cccc(N3CCC(CN4CCN(c5nc(Cl)c(Cl)c(Nc6ccc7c(c6)c6c(c(=O)n7C)OCC(F)(F)C(C7CC7)N6)n5)CC4)CC3)c21. The number of halogens is 4. The number of carbonyl (C=O) groups excluding carboxylic acids is 2. The zero-order valence-electron chi connectivity index (χ0n) is 34.4. The average Bonchev–Trinajstić information content (AvgIpc) is 4.06. The standard InChI is InChI=1S/C43H47Cl2F2N11O4/c1-54-29-10-8-25(20-28(29)34-36(41(54)61)62-22-43(46,47)37(50-34)24-6-7-24)48-39-32(44)38(45)51-42(52-39)58-18-16-56(17-19-58)21-23-12-14-57(15-13-23)30-5-3-4-26-33(53-55(2)35(26)30)27-9-11-31(59)49-40(27)60/h3-5,8,10,20,23-24,27,37,50H,6-7,9,11-19,21-22H2,1-2H3,(H,48,51,52)(H,49,59,60). The molecule has 2 aromatic carbocycles. The van der Waals surface area contributed by atoms with Gasteiger partial charge < -0.3 is 29.7 Å². The molecular formula is C43H47Cl2F2N11O4. The molecule has 2 atom stereocenters. The van der Waals surface area contributed by atoms with Gasteiger partial charge in [-0.3, -0.25) is 29.3 Å². The number of nitrogens with zero attached hydrogens (tertiary/aromatic N) is 8. The van der Waals surface area contributed by atoms with Crippen molar-refractivity contribution in [2.24, 2.45) is 25.9 Å². The van der Waals surface area contributed by atoms with E-state index in [0.717, 1.165) is 67.8 Å². The average molecular weight is 891 g/mol. The first kappa shape index (κ1) is 40.8. The van der Waals surface area contributed by atoms with Crippen LogP contribution in [0.25, 0.3) is 21.8 Å². The number of carbonyl (C=O) groups is 2. The van der Waals surface area contributed by atoms with Gasteiger partial charge in [0.05, 0.1) is 40.1 Å². The van der Waals surface area contributed by atoms with Crippen molar-refractivity contribution in [2.75, 3.05) is 72.9 Å². The molecule has 10 rings (SSSR count). The van der Waals surface area contributed by atoms with Crippen LogP contribution in [-0.2, 0) is 23.7 Å². The molecule has 0 bridgehead atoms. The largest absolute Gasteiger partial charge is 0.480 e. The van der Waals surface area contributed by atoms with E-state index < -0.39 is 30.0 Å². The Balaban J connectivity index is 0.790. The lowest BCUT2D eigenvalue weighted by atomic mass is 9.92. The van der Waals surface area contributed by atoms with E-state index in [9.17, 15) is 14.4 Å². The lowest BCUT2D eigenvalue weighted by Crippen LogP contribution is -2.49. The van der Waals surface area contributed by atoms with Gasteiger partial charge in [-0.2, -0.15) is 15.1 Å². The second-order valence-corrected chi connectivity index (χ2v) is 18.1. The van der Waals surface area contributed by atoms with Gasteiger partial charge in [-0.1, -0.05) is 35.3 Å². The number of piperazine rings is 1. The number of alkyl halides is 2. The molecule has 1 aliphatic carbocycles. The van der Waals surface area contributed by atoms with Crippen molar-refractivity contribution in [2.45, 2.75) is 56.4 Å². The molecule has 0 radical (unpaired) electrons. The van der Waals surface area contributed by atoms with Gasteiger partial charge in [0.25, 0.3) is 5.56 Å².